The van der Waals surface area contributed by atoms with Crippen LogP contribution < -0.4 is 4.46 Å². The van der Waals surface area contributed by atoms with Crippen molar-refractivity contribution in [2.45, 2.75) is 6.61 Å². The Hall–Kier alpha value is -0.571. The summed E-state index contributed by atoms with van der Waals surface area (Å²) in [4.78, 5) is 0. The first kappa shape index (κ1) is 7.10. The molecular weight excluding hydrogens is 214 g/mol. The molecule has 1 unspecified atom stereocenters. The molecule has 58 valence electrons. The van der Waals surface area contributed by atoms with Crippen molar-refractivity contribution in [3.8, 4) is 0 Å². The predicted octanol–water partition coefficient (Wildman–Crippen LogP) is 0.482. The van der Waals surface area contributed by atoms with Crippen molar-refractivity contribution in [1.29, 1.82) is 0 Å². The van der Waals surface area contributed by atoms with E-state index < -0.39 is 14.2 Å². The number of benzene rings is 1. The predicted molar refractivity (Wildman–Crippen MR) is 37.3 cm³/mol. The molecule has 0 aliphatic carbocycles. The van der Waals surface area contributed by atoms with Gasteiger partial charge in [0, 0.05) is 0 Å². The van der Waals surface area contributed by atoms with Gasteiger partial charge in [-0.1, -0.05) is 0 Å². The summed E-state index contributed by atoms with van der Waals surface area (Å²) in [5.41, 5.74) is 0.727. The molecule has 1 aromatic carbocycles. The normalized spacial score (nSPS) is 21.7. The molecule has 0 bridgehead atoms. The topological polar surface area (TPSA) is 26.3 Å². The van der Waals surface area contributed by atoms with Crippen molar-refractivity contribution in [3.05, 3.63) is 29.6 Å². The fourth-order valence-corrected chi connectivity index (χ4v) is 2.83. The second-order valence-electron chi connectivity index (χ2n) is 2.25. The summed E-state index contributed by atoms with van der Waals surface area (Å²) in [5.74, 6) is -0.298. The first-order valence-corrected chi connectivity index (χ1v) is 5.36. The molecule has 11 heavy (non-hydrogen) atoms. The summed E-state index contributed by atoms with van der Waals surface area (Å²) in [5, 5.41) is 0. The summed E-state index contributed by atoms with van der Waals surface area (Å²) >= 11 is -2.26. The van der Waals surface area contributed by atoms with Gasteiger partial charge < -0.3 is 0 Å². The van der Waals surface area contributed by atoms with Crippen LogP contribution in [0.5, 0.6) is 0 Å². The second kappa shape index (κ2) is 2.48. The summed E-state index contributed by atoms with van der Waals surface area (Å²) in [6.45, 7) is 0.293. The molecule has 1 aliphatic rings. The van der Waals surface area contributed by atoms with E-state index in [1.807, 2.05) is 0 Å². The molecule has 1 atom stereocenters. The van der Waals surface area contributed by atoms with Crippen LogP contribution >= 0.6 is 0 Å². The standard InChI is InChI=1S/C7H5FO2Se/c8-6-1-2-7-5(3-6)4-10-11(7)9/h1-3H,4H2. The minimum atomic E-state index is -2.26. The van der Waals surface area contributed by atoms with Crippen molar-refractivity contribution < 1.29 is 12.0 Å². The summed E-state index contributed by atoms with van der Waals surface area (Å²) in [6.07, 6.45) is 0. The van der Waals surface area contributed by atoms with E-state index in [9.17, 15) is 8.23 Å². The molecule has 0 aromatic heterocycles. The van der Waals surface area contributed by atoms with Crippen LogP contribution in [0.15, 0.2) is 18.2 Å². The third-order valence-electron chi connectivity index (χ3n) is 1.52. The number of rotatable bonds is 0. The third kappa shape index (κ3) is 1.13. The average Bonchev–Trinajstić information content (AvgIpc) is 2.32. The van der Waals surface area contributed by atoms with E-state index in [-0.39, 0.29) is 5.82 Å². The summed E-state index contributed by atoms with van der Waals surface area (Å²) in [6, 6.07) is 4.22. The number of hydrogen-bond donors (Lipinski definition) is 0. The number of fused-ring (bicyclic) bond motifs is 1. The fraction of sp³-hybridized carbons (Fsp3) is 0.143. The molecular formula is C7H5FO2Se. The Balaban J connectivity index is 2.59. The number of hydrogen-bond acceptors (Lipinski definition) is 2. The average molecular weight is 219 g/mol. The molecule has 0 N–H and O–H groups in total. The molecule has 2 nitrogen and oxygen atoms in total. The minimum absolute atomic E-state index is 0.293. The molecule has 0 saturated carbocycles. The van der Waals surface area contributed by atoms with Crippen molar-refractivity contribution in [1.82, 2.24) is 0 Å². The van der Waals surface area contributed by atoms with Crippen molar-refractivity contribution >= 4 is 18.6 Å². The Morgan fingerprint density at radius 2 is 2.36 bits per heavy atom. The van der Waals surface area contributed by atoms with E-state index >= 15 is 0 Å². The Kier molecular flexibility index (Phi) is 1.60. The zero-order valence-electron chi connectivity index (χ0n) is 5.54. The van der Waals surface area contributed by atoms with Gasteiger partial charge in [0.05, 0.1) is 0 Å². The zero-order valence-corrected chi connectivity index (χ0v) is 7.25. The van der Waals surface area contributed by atoms with Crippen LogP contribution in [0.2, 0.25) is 0 Å². The monoisotopic (exact) mass is 220 g/mol. The van der Waals surface area contributed by atoms with E-state index in [0.717, 1.165) is 5.56 Å². The van der Waals surface area contributed by atoms with E-state index in [1.165, 1.54) is 18.2 Å². The van der Waals surface area contributed by atoms with Gasteiger partial charge in [-0.2, -0.15) is 0 Å². The summed E-state index contributed by atoms with van der Waals surface area (Å²) in [7, 11) is 0. The van der Waals surface area contributed by atoms with Crippen LogP contribution in [0.25, 0.3) is 0 Å². The first-order chi connectivity index (χ1) is 5.27. The molecule has 0 fully saturated rings. The molecule has 0 radical (unpaired) electrons. The third-order valence-corrected chi connectivity index (χ3v) is 3.81. The van der Waals surface area contributed by atoms with Gasteiger partial charge in [-0.15, -0.1) is 0 Å². The van der Waals surface area contributed by atoms with Crippen LogP contribution in [0.4, 0.5) is 4.39 Å². The molecule has 4 heteroatoms. The van der Waals surface area contributed by atoms with Crippen molar-refractivity contribution in [3.63, 3.8) is 0 Å². The molecule has 0 amide bonds. The maximum atomic E-state index is 12.5. The quantitative estimate of drug-likeness (QED) is 0.593. The SMILES string of the molecule is O=[Se]1OCc2cc(F)ccc21. The molecule has 1 aliphatic heterocycles. The Bertz CT molecular complexity index is 324. The van der Waals surface area contributed by atoms with Crippen LogP contribution in [-0.4, -0.2) is 14.2 Å². The number of halogens is 1. The maximum absolute atomic E-state index is 12.5. The molecule has 0 spiro atoms. The van der Waals surface area contributed by atoms with E-state index in [4.69, 9.17) is 3.82 Å². The van der Waals surface area contributed by atoms with Gasteiger partial charge in [0.25, 0.3) is 0 Å². The second-order valence-corrected chi connectivity index (χ2v) is 4.65. The summed E-state index contributed by atoms with van der Waals surface area (Å²) < 4.78 is 29.2. The van der Waals surface area contributed by atoms with Gasteiger partial charge in [0.2, 0.25) is 0 Å². The van der Waals surface area contributed by atoms with E-state index in [1.54, 1.807) is 0 Å². The Morgan fingerprint density at radius 3 is 3.18 bits per heavy atom. The molecule has 1 heterocycles. The van der Waals surface area contributed by atoms with Crippen LogP contribution in [-0.2, 0) is 14.3 Å². The van der Waals surface area contributed by atoms with Crippen LogP contribution in [0, 0.1) is 5.82 Å². The first-order valence-electron chi connectivity index (χ1n) is 3.11. The van der Waals surface area contributed by atoms with E-state index in [0.29, 0.717) is 11.1 Å². The van der Waals surface area contributed by atoms with Gasteiger partial charge in [0.15, 0.2) is 0 Å². The molecule has 0 saturated heterocycles. The van der Waals surface area contributed by atoms with Gasteiger partial charge >= 0.3 is 66.9 Å². The fourth-order valence-electron chi connectivity index (χ4n) is 1.00. The van der Waals surface area contributed by atoms with Crippen molar-refractivity contribution in [2.75, 3.05) is 0 Å². The van der Waals surface area contributed by atoms with E-state index in [2.05, 4.69) is 0 Å². The van der Waals surface area contributed by atoms with Gasteiger partial charge in [-0.25, -0.2) is 0 Å². The van der Waals surface area contributed by atoms with Crippen molar-refractivity contribution in [2.24, 2.45) is 0 Å². The van der Waals surface area contributed by atoms with Crippen LogP contribution in [0.1, 0.15) is 5.56 Å². The van der Waals surface area contributed by atoms with Gasteiger partial charge in [-0.05, 0) is 0 Å². The van der Waals surface area contributed by atoms with Crippen LogP contribution in [0.3, 0.4) is 0 Å². The zero-order chi connectivity index (χ0) is 7.84. The molecule has 2 rings (SSSR count). The Labute approximate surface area is 67.4 Å². The van der Waals surface area contributed by atoms with Gasteiger partial charge in [0.1, 0.15) is 0 Å². The van der Waals surface area contributed by atoms with Gasteiger partial charge in [-0.3, -0.25) is 0 Å². The molecule has 1 aromatic rings. The Morgan fingerprint density at radius 1 is 1.55 bits per heavy atom.